The first-order valence-corrected chi connectivity index (χ1v) is 7.28. The van der Waals surface area contributed by atoms with Gasteiger partial charge >= 0.3 is 7.60 Å². The molecule has 0 fully saturated rings. The van der Waals surface area contributed by atoms with E-state index in [0.29, 0.717) is 11.1 Å². The van der Waals surface area contributed by atoms with Gasteiger partial charge in [0.05, 0.1) is 11.0 Å². The predicted octanol–water partition coefficient (Wildman–Crippen LogP) is 2.65. The topological polar surface area (TPSA) is 83.6 Å². The maximum Gasteiger partial charge on any atom is 0.358 e. The zero-order chi connectivity index (χ0) is 13.9. The minimum Gasteiger partial charge on any atom is -0.397 e. The van der Waals surface area contributed by atoms with Crippen LogP contribution in [0.3, 0.4) is 0 Å². The van der Waals surface area contributed by atoms with Gasteiger partial charge in [0.2, 0.25) is 0 Å². The summed E-state index contributed by atoms with van der Waals surface area (Å²) in [7, 11) is -4.46. The summed E-state index contributed by atoms with van der Waals surface area (Å²) in [5.74, 6) is 0. The first kappa shape index (κ1) is 13.6. The Morgan fingerprint density at radius 1 is 0.842 bits per heavy atom. The predicted molar refractivity (Wildman–Crippen MR) is 75.9 cm³/mol. The summed E-state index contributed by atoms with van der Waals surface area (Å²) in [5, 5.41) is -0.140. The van der Waals surface area contributed by atoms with E-state index in [9.17, 15) is 14.4 Å². The Balaban J connectivity index is 2.66. The van der Waals surface area contributed by atoms with Gasteiger partial charge in [0.25, 0.3) is 0 Å². The Hall–Kier alpha value is -1.87. The summed E-state index contributed by atoms with van der Waals surface area (Å²) >= 11 is 0. The third-order valence-electron chi connectivity index (χ3n) is 2.68. The monoisotopic (exact) mass is 275 g/mol. The zero-order valence-corrected chi connectivity index (χ0v) is 11.0. The van der Waals surface area contributed by atoms with Crippen LogP contribution < -0.4 is 5.73 Å². The SMILES string of the molecule is NC(=C(c1ccccc1)P(=O)(O)O)c1ccccc1. The minimum absolute atomic E-state index is 0.0973. The summed E-state index contributed by atoms with van der Waals surface area (Å²) in [5.41, 5.74) is 7.06. The second kappa shape index (κ2) is 5.41. The van der Waals surface area contributed by atoms with Crippen molar-refractivity contribution in [1.82, 2.24) is 0 Å². The molecular weight excluding hydrogens is 261 g/mol. The van der Waals surface area contributed by atoms with E-state index in [2.05, 4.69) is 0 Å². The van der Waals surface area contributed by atoms with Crippen molar-refractivity contribution in [3.05, 3.63) is 71.8 Å². The molecular formula is C14H14NO3P. The van der Waals surface area contributed by atoms with E-state index in [0.717, 1.165) is 0 Å². The molecule has 4 nitrogen and oxygen atoms in total. The van der Waals surface area contributed by atoms with Crippen LogP contribution in [0.25, 0.3) is 11.0 Å². The lowest BCUT2D eigenvalue weighted by Crippen LogP contribution is -2.02. The van der Waals surface area contributed by atoms with Crippen molar-refractivity contribution in [2.24, 2.45) is 5.73 Å². The first-order valence-electron chi connectivity index (χ1n) is 5.67. The van der Waals surface area contributed by atoms with E-state index in [1.54, 1.807) is 54.6 Å². The molecule has 98 valence electrons. The van der Waals surface area contributed by atoms with Crippen LogP contribution in [0.4, 0.5) is 0 Å². The maximum absolute atomic E-state index is 11.7. The molecule has 0 amide bonds. The smallest absolute Gasteiger partial charge is 0.358 e. The molecule has 0 atom stereocenters. The van der Waals surface area contributed by atoms with Crippen LogP contribution in [0.2, 0.25) is 0 Å². The van der Waals surface area contributed by atoms with Crippen molar-refractivity contribution in [1.29, 1.82) is 0 Å². The molecule has 4 N–H and O–H groups in total. The largest absolute Gasteiger partial charge is 0.397 e. The highest BCUT2D eigenvalue weighted by atomic mass is 31.2. The normalized spacial score (nSPS) is 12.9. The standard InChI is InChI=1S/C14H14NO3P/c15-13(11-7-3-1-4-8-11)14(19(16,17)18)12-9-5-2-6-10-12/h1-10H,15H2,(H2,16,17,18). The molecule has 0 saturated heterocycles. The molecule has 0 aliphatic carbocycles. The van der Waals surface area contributed by atoms with Gasteiger partial charge in [0.1, 0.15) is 0 Å². The summed E-state index contributed by atoms with van der Waals surface area (Å²) in [6, 6.07) is 17.2. The van der Waals surface area contributed by atoms with Gasteiger partial charge in [-0.1, -0.05) is 60.7 Å². The summed E-state index contributed by atoms with van der Waals surface area (Å²) < 4.78 is 11.7. The molecule has 5 heteroatoms. The third kappa shape index (κ3) is 3.12. The number of nitrogens with two attached hydrogens (primary N) is 1. The average Bonchev–Trinajstić information content (AvgIpc) is 2.39. The van der Waals surface area contributed by atoms with Gasteiger partial charge < -0.3 is 15.5 Å². The fraction of sp³-hybridized carbons (Fsp3) is 0. The highest BCUT2D eigenvalue weighted by molar-refractivity contribution is 7.63. The lowest BCUT2D eigenvalue weighted by Gasteiger charge is -2.14. The van der Waals surface area contributed by atoms with E-state index in [4.69, 9.17) is 5.73 Å². The Kier molecular flexibility index (Phi) is 3.86. The van der Waals surface area contributed by atoms with Gasteiger partial charge in [-0.3, -0.25) is 4.57 Å². The van der Waals surface area contributed by atoms with Gasteiger partial charge in [-0.15, -0.1) is 0 Å². The molecule has 0 saturated carbocycles. The quantitative estimate of drug-likeness (QED) is 0.594. The third-order valence-corrected chi connectivity index (χ3v) is 3.76. The van der Waals surface area contributed by atoms with Crippen LogP contribution in [0.5, 0.6) is 0 Å². The Bertz CT molecular complexity index is 632. The average molecular weight is 275 g/mol. The lowest BCUT2D eigenvalue weighted by atomic mass is 10.1. The molecule has 0 aliphatic rings. The fourth-order valence-electron chi connectivity index (χ4n) is 1.83. The highest BCUT2D eigenvalue weighted by Crippen LogP contribution is 2.53. The molecule has 0 aromatic heterocycles. The van der Waals surface area contributed by atoms with Gasteiger partial charge in [-0.05, 0) is 11.1 Å². The van der Waals surface area contributed by atoms with E-state index >= 15 is 0 Å². The molecule has 0 unspecified atom stereocenters. The van der Waals surface area contributed by atoms with Crippen molar-refractivity contribution in [2.45, 2.75) is 0 Å². The number of benzene rings is 2. The van der Waals surface area contributed by atoms with Crippen LogP contribution in [0.1, 0.15) is 11.1 Å². The molecule has 0 heterocycles. The molecule has 2 rings (SSSR count). The van der Waals surface area contributed by atoms with Crippen LogP contribution in [0.15, 0.2) is 60.7 Å². The van der Waals surface area contributed by atoms with Gasteiger partial charge in [-0.25, -0.2) is 0 Å². The van der Waals surface area contributed by atoms with Crippen LogP contribution >= 0.6 is 7.60 Å². The van der Waals surface area contributed by atoms with Crippen molar-refractivity contribution >= 4 is 18.6 Å². The highest BCUT2D eigenvalue weighted by Gasteiger charge is 2.26. The minimum atomic E-state index is -4.46. The second-order valence-electron chi connectivity index (χ2n) is 4.04. The summed E-state index contributed by atoms with van der Waals surface area (Å²) in [6.45, 7) is 0. The number of rotatable bonds is 3. The van der Waals surface area contributed by atoms with Crippen LogP contribution in [-0.2, 0) is 4.57 Å². The number of hydrogen-bond acceptors (Lipinski definition) is 2. The van der Waals surface area contributed by atoms with Crippen molar-refractivity contribution in [3.8, 4) is 0 Å². The van der Waals surface area contributed by atoms with Crippen LogP contribution in [0, 0.1) is 0 Å². The first-order chi connectivity index (χ1) is 9.00. The van der Waals surface area contributed by atoms with Crippen molar-refractivity contribution in [2.75, 3.05) is 0 Å². The molecule has 0 bridgehead atoms. The Morgan fingerprint density at radius 2 is 1.26 bits per heavy atom. The van der Waals surface area contributed by atoms with Gasteiger partial charge in [0, 0.05) is 0 Å². The summed E-state index contributed by atoms with van der Waals surface area (Å²) in [4.78, 5) is 19.1. The molecule has 0 aliphatic heterocycles. The van der Waals surface area contributed by atoms with Gasteiger partial charge in [-0.2, -0.15) is 0 Å². The maximum atomic E-state index is 11.7. The second-order valence-corrected chi connectivity index (χ2v) is 5.57. The lowest BCUT2D eigenvalue weighted by molar-refractivity contribution is 0.388. The molecule has 0 spiro atoms. The Morgan fingerprint density at radius 3 is 1.68 bits per heavy atom. The van der Waals surface area contributed by atoms with E-state index in [1.807, 2.05) is 6.07 Å². The molecule has 19 heavy (non-hydrogen) atoms. The molecule has 0 radical (unpaired) electrons. The van der Waals surface area contributed by atoms with Gasteiger partial charge in [0.15, 0.2) is 0 Å². The molecule has 2 aromatic carbocycles. The number of hydrogen-bond donors (Lipinski definition) is 3. The molecule has 2 aromatic rings. The van der Waals surface area contributed by atoms with Crippen molar-refractivity contribution in [3.63, 3.8) is 0 Å². The van der Waals surface area contributed by atoms with Crippen LogP contribution in [-0.4, -0.2) is 9.79 Å². The zero-order valence-electron chi connectivity index (χ0n) is 10.1. The van der Waals surface area contributed by atoms with E-state index in [1.165, 1.54) is 0 Å². The van der Waals surface area contributed by atoms with E-state index in [-0.39, 0.29) is 11.0 Å². The van der Waals surface area contributed by atoms with Crippen molar-refractivity contribution < 1.29 is 14.4 Å². The Labute approximate surface area is 111 Å². The van der Waals surface area contributed by atoms with E-state index < -0.39 is 7.60 Å². The fourth-order valence-corrected chi connectivity index (χ4v) is 2.76. The summed E-state index contributed by atoms with van der Waals surface area (Å²) in [6.07, 6.45) is 0.